The van der Waals surface area contributed by atoms with Crippen molar-refractivity contribution in [3.8, 4) is 0 Å². The van der Waals surface area contributed by atoms with Gasteiger partial charge < -0.3 is 10.1 Å². The van der Waals surface area contributed by atoms with Gasteiger partial charge in [-0.2, -0.15) is 48.3 Å². The first-order valence-electron chi connectivity index (χ1n) is 7.67. The van der Waals surface area contributed by atoms with E-state index in [-0.39, 0.29) is 12.2 Å². The lowest BCUT2D eigenvalue weighted by molar-refractivity contribution is -0.472. The van der Waals surface area contributed by atoms with Crippen LogP contribution in [0.4, 0.5) is 54.0 Å². The highest BCUT2D eigenvalue weighted by Gasteiger charge is 2.79. The molecule has 1 N–H and O–H groups in total. The number of hydrogen-bond acceptors (Lipinski definition) is 4. The summed E-state index contributed by atoms with van der Waals surface area (Å²) in [6.07, 6.45) is -21.1. The molecule has 0 heterocycles. The van der Waals surface area contributed by atoms with Crippen LogP contribution in [0.15, 0.2) is 24.3 Å². The van der Waals surface area contributed by atoms with E-state index >= 15 is 0 Å². The van der Waals surface area contributed by atoms with Crippen LogP contribution in [0.2, 0.25) is 0 Å². The van der Waals surface area contributed by atoms with E-state index in [1.807, 2.05) is 0 Å². The van der Waals surface area contributed by atoms with Crippen LogP contribution in [0.1, 0.15) is 17.3 Å². The molecule has 0 saturated carbocycles. The van der Waals surface area contributed by atoms with E-state index in [0.29, 0.717) is 12.1 Å². The number of rotatable bonds is 7. The second-order valence-electron chi connectivity index (χ2n) is 5.54. The molecule has 0 unspecified atom stereocenters. The number of amides is 1. The van der Waals surface area contributed by atoms with E-state index in [0.717, 1.165) is 17.4 Å². The highest BCUT2D eigenvalue weighted by Crippen LogP contribution is 2.51. The minimum Gasteiger partial charge on any atom is -0.462 e. The Balaban J connectivity index is 3.22. The number of alkyl halides is 11. The van der Waals surface area contributed by atoms with Gasteiger partial charge in [-0.05, 0) is 31.2 Å². The van der Waals surface area contributed by atoms with E-state index in [4.69, 9.17) is 0 Å². The van der Waals surface area contributed by atoms with Crippen LogP contribution in [0.25, 0.3) is 0 Å². The SMILES string of the molecule is CCOC(=O)c1ccc(NC(=O)[C@](F)(OC(F)(F)C(F)(F)C(F)(F)F)C(F)(F)F)cc1. The lowest BCUT2D eigenvalue weighted by Crippen LogP contribution is -2.62. The quantitative estimate of drug-likeness (QED) is 0.451. The largest absolute Gasteiger partial charge is 0.462 e. The summed E-state index contributed by atoms with van der Waals surface area (Å²) in [4.78, 5) is 23.0. The number of nitrogens with one attached hydrogen (secondary N) is 1. The van der Waals surface area contributed by atoms with E-state index in [2.05, 4.69) is 9.47 Å². The number of hydrogen-bond donors (Lipinski definition) is 1. The molecule has 0 aliphatic rings. The molecule has 5 nitrogen and oxygen atoms in total. The van der Waals surface area contributed by atoms with Gasteiger partial charge in [-0.15, -0.1) is 0 Å². The topological polar surface area (TPSA) is 64.6 Å². The summed E-state index contributed by atoms with van der Waals surface area (Å²) in [7, 11) is 0. The van der Waals surface area contributed by atoms with E-state index in [1.165, 1.54) is 6.92 Å². The smallest absolute Gasteiger partial charge is 0.462 e. The van der Waals surface area contributed by atoms with Crippen molar-refractivity contribution in [2.24, 2.45) is 0 Å². The molecule has 31 heavy (non-hydrogen) atoms. The molecule has 0 spiro atoms. The molecule has 0 saturated heterocycles. The monoisotopic (exact) mass is 477 g/mol. The van der Waals surface area contributed by atoms with Gasteiger partial charge in [0, 0.05) is 5.69 Å². The van der Waals surface area contributed by atoms with Crippen molar-refractivity contribution in [2.45, 2.75) is 37.2 Å². The molecule has 1 aromatic rings. The standard InChI is InChI=1S/C15H10F11NO4/c1-2-30-9(28)7-3-5-8(6-4-7)27-10(29)11(16,13(19,20)21)31-15(25,26)12(17,18)14(22,23)24/h3-6H,2H2,1H3,(H,27,29)/t11-/m0/s1. The number of anilines is 1. The molecule has 0 aliphatic carbocycles. The van der Waals surface area contributed by atoms with Crippen molar-refractivity contribution in [2.75, 3.05) is 11.9 Å². The maximum atomic E-state index is 14.1. The number of ether oxygens (including phenoxy) is 2. The van der Waals surface area contributed by atoms with Gasteiger partial charge in [0.05, 0.1) is 12.2 Å². The highest BCUT2D eigenvalue weighted by atomic mass is 19.4. The lowest BCUT2D eigenvalue weighted by atomic mass is 10.2. The molecular weight excluding hydrogens is 467 g/mol. The summed E-state index contributed by atoms with van der Waals surface area (Å²) in [5.74, 6) is -17.7. The van der Waals surface area contributed by atoms with E-state index in [9.17, 15) is 57.9 Å². The third kappa shape index (κ3) is 5.34. The van der Waals surface area contributed by atoms with Gasteiger partial charge in [-0.25, -0.2) is 4.79 Å². The number of halogens is 11. The normalized spacial score (nSPS) is 15.2. The summed E-state index contributed by atoms with van der Waals surface area (Å²) in [6.45, 7) is 1.37. The fourth-order valence-corrected chi connectivity index (χ4v) is 1.75. The third-order valence-electron chi connectivity index (χ3n) is 3.30. The number of carbonyl (C=O) groups is 2. The highest BCUT2D eigenvalue weighted by molar-refractivity contribution is 5.97. The predicted octanol–water partition coefficient (Wildman–Crippen LogP) is 4.84. The van der Waals surface area contributed by atoms with Crippen molar-refractivity contribution in [3.05, 3.63) is 29.8 Å². The van der Waals surface area contributed by atoms with Crippen molar-refractivity contribution in [1.29, 1.82) is 0 Å². The molecule has 16 heteroatoms. The Bertz CT molecular complexity index is 805. The van der Waals surface area contributed by atoms with Gasteiger partial charge in [0.2, 0.25) is 0 Å². The molecule has 0 radical (unpaired) electrons. The van der Waals surface area contributed by atoms with Gasteiger partial charge in [0.15, 0.2) is 0 Å². The number of carbonyl (C=O) groups excluding carboxylic acids is 2. The van der Waals surface area contributed by atoms with Crippen LogP contribution in [-0.4, -0.2) is 48.7 Å². The average Bonchev–Trinajstić information content (AvgIpc) is 2.60. The van der Waals surface area contributed by atoms with Crippen molar-refractivity contribution >= 4 is 17.6 Å². The first kappa shape index (κ1) is 26.4. The van der Waals surface area contributed by atoms with Gasteiger partial charge in [-0.1, -0.05) is 0 Å². The summed E-state index contributed by atoms with van der Waals surface area (Å²) in [6, 6.07) is 2.97. The fourth-order valence-electron chi connectivity index (χ4n) is 1.75. The lowest BCUT2D eigenvalue weighted by Gasteiger charge is -2.34. The Morgan fingerprint density at radius 1 is 0.839 bits per heavy atom. The summed E-state index contributed by atoms with van der Waals surface area (Å²) < 4.78 is 147. The molecule has 1 aromatic carbocycles. The number of benzene rings is 1. The van der Waals surface area contributed by atoms with Crippen molar-refractivity contribution in [3.63, 3.8) is 0 Å². The molecule has 0 aliphatic heterocycles. The summed E-state index contributed by atoms with van der Waals surface area (Å²) in [5.41, 5.74) is -1.01. The molecule has 0 fully saturated rings. The molecule has 1 rings (SSSR count). The minimum absolute atomic E-state index is 0.0681. The Hall–Kier alpha value is -2.65. The molecular formula is C15H10F11NO4. The summed E-state index contributed by atoms with van der Waals surface area (Å²) in [5, 5.41) is 1.03. The zero-order chi connectivity index (χ0) is 24.5. The predicted molar refractivity (Wildman–Crippen MR) is 78.0 cm³/mol. The average molecular weight is 477 g/mol. The molecule has 1 atom stereocenters. The van der Waals surface area contributed by atoms with Crippen LogP contribution in [0, 0.1) is 0 Å². The van der Waals surface area contributed by atoms with Crippen molar-refractivity contribution in [1.82, 2.24) is 0 Å². The van der Waals surface area contributed by atoms with Gasteiger partial charge in [0.1, 0.15) is 0 Å². The molecule has 1 amide bonds. The van der Waals surface area contributed by atoms with Crippen LogP contribution >= 0.6 is 0 Å². The maximum absolute atomic E-state index is 14.1. The van der Waals surface area contributed by atoms with E-state index < -0.39 is 47.8 Å². The number of esters is 1. The van der Waals surface area contributed by atoms with Gasteiger partial charge >= 0.3 is 36.2 Å². The summed E-state index contributed by atoms with van der Waals surface area (Å²) >= 11 is 0. The Morgan fingerprint density at radius 3 is 1.71 bits per heavy atom. The van der Waals surface area contributed by atoms with Gasteiger partial charge in [-0.3, -0.25) is 9.53 Å². The van der Waals surface area contributed by atoms with Gasteiger partial charge in [0.25, 0.3) is 5.91 Å². The van der Waals surface area contributed by atoms with Crippen molar-refractivity contribution < 1.29 is 67.4 Å². The zero-order valence-corrected chi connectivity index (χ0v) is 14.8. The van der Waals surface area contributed by atoms with Crippen LogP contribution in [0.5, 0.6) is 0 Å². The Morgan fingerprint density at radius 2 is 1.32 bits per heavy atom. The first-order chi connectivity index (χ1) is 13.8. The van der Waals surface area contributed by atoms with Crippen LogP contribution < -0.4 is 5.32 Å². The maximum Gasteiger partial charge on any atom is 0.462 e. The second-order valence-corrected chi connectivity index (χ2v) is 5.54. The third-order valence-corrected chi connectivity index (χ3v) is 3.30. The molecule has 0 bridgehead atoms. The minimum atomic E-state index is -7.29. The van der Waals surface area contributed by atoms with E-state index in [1.54, 1.807) is 0 Å². The second kappa shape index (κ2) is 8.47. The molecule has 176 valence electrons. The zero-order valence-electron chi connectivity index (χ0n) is 14.8. The van der Waals surface area contributed by atoms with Crippen LogP contribution in [-0.2, 0) is 14.3 Å². The Labute approximate surface area is 165 Å². The fraction of sp³-hybridized carbons (Fsp3) is 0.467. The molecule has 0 aromatic heterocycles. The Kier molecular flexibility index (Phi) is 7.21. The first-order valence-corrected chi connectivity index (χ1v) is 7.67. The van der Waals surface area contributed by atoms with Crippen LogP contribution in [0.3, 0.4) is 0 Å².